The molecule has 17 heavy (non-hydrogen) atoms. The lowest BCUT2D eigenvalue weighted by Crippen LogP contribution is -2.38. The van der Waals surface area contributed by atoms with Crippen LogP contribution in [0, 0.1) is 5.92 Å². The zero-order chi connectivity index (χ0) is 12.1. The van der Waals surface area contributed by atoms with Crippen molar-refractivity contribution in [2.24, 2.45) is 5.92 Å². The van der Waals surface area contributed by atoms with Crippen molar-refractivity contribution < 1.29 is 5.11 Å². The minimum atomic E-state index is -0.0376. The Morgan fingerprint density at radius 1 is 1.18 bits per heavy atom. The molecule has 0 radical (unpaired) electrons. The Morgan fingerprint density at radius 2 is 1.94 bits per heavy atom. The van der Waals surface area contributed by atoms with E-state index in [1.54, 1.807) is 0 Å². The van der Waals surface area contributed by atoms with Crippen molar-refractivity contribution in [1.82, 2.24) is 10.2 Å². The predicted octanol–water partition coefficient (Wildman–Crippen LogP) is 1.61. The second-order valence-electron chi connectivity index (χ2n) is 6.00. The highest BCUT2D eigenvalue weighted by atomic mass is 16.3. The minimum absolute atomic E-state index is 0.0376. The monoisotopic (exact) mass is 240 g/mol. The number of nitrogens with zero attached hydrogens (tertiary/aromatic N) is 1. The largest absolute Gasteiger partial charge is 0.393 e. The fraction of sp³-hybridized carbons (Fsp3) is 1.00. The number of nitrogens with one attached hydrogen (secondary N) is 1. The SMILES string of the molecule is CC1CCC(NCCCN2CCC(O)CC2)C1. The van der Waals surface area contributed by atoms with Gasteiger partial charge in [0.1, 0.15) is 0 Å². The average molecular weight is 240 g/mol. The standard InChI is InChI=1S/C14H28N2O/c1-12-3-4-13(11-12)15-7-2-8-16-9-5-14(17)6-10-16/h12-15,17H,2-11H2,1H3. The Kier molecular flexibility index (Phi) is 5.26. The van der Waals surface area contributed by atoms with Crippen molar-refractivity contribution in [1.29, 1.82) is 0 Å². The number of likely N-dealkylation sites (tertiary alicyclic amines) is 1. The van der Waals surface area contributed by atoms with Crippen LogP contribution in [0.5, 0.6) is 0 Å². The third-order valence-corrected chi connectivity index (χ3v) is 4.34. The van der Waals surface area contributed by atoms with Crippen LogP contribution in [0.4, 0.5) is 0 Å². The quantitative estimate of drug-likeness (QED) is 0.717. The molecule has 2 unspecified atom stereocenters. The van der Waals surface area contributed by atoms with Crippen LogP contribution in [0.15, 0.2) is 0 Å². The van der Waals surface area contributed by atoms with Gasteiger partial charge in [-0.3, -0.25) is 0 Å². The summed E-state index contributed by atoms with van der Waals surface area (Å²) in [5.74, 6) is 0.927. The third-order valence-electron chi connectivity index (χ3n) is 4.34. The van der Waals surface area contributed by atoms with Crippen LogP contribution in [-0.4, -0.2) is 48.3 Å². The molecule has 0 aromatic heterocycles. The van der Waals surface area contributed by atoms with Gasteiger partial charge < -0.3 is 15.3 Å². The van der Waals surface area contributed by atoms with Gasteiger partial charge in [0.05, 0.1) is 6.10 Å². The summed E-state index contributed by atoms with van der Waals surface area (Å²) in [5, 5.41) is 13.1. The van der Waals surface area contributed by atoms with Crippen molar-refractivity contribution in [3.8, 4) is 0 Å². The second-order valence-corrected chi connectivity index (χ2v) is 6.00. The number of aliphatic hydroxyl groups is 1. The zero-order valence-corrected chi connectivity index (χ0v) is 11.2. The molecule has 3 nitrogen and oxygen atoms in total. The first-order chi connectivity index (χ1) is 8.24. The smallest absolute Gasteiger partial charge is 0.0564 e. The van der Waals surface area contributed by atoms with Crippen LogP contribution in [-0.2, 0) is 0 Å². The molecule has 0 bridgehead atoms. The van der Waals surface area contributed by atoms with E-state index in [2.05, 4.69) is 17.1 Å². The molecule has 2 fully saturated rings. The van der Waals surface area contributed by atoms with Gasteiger partial charge in [-0.2, -0.15) is 0 Å². The summed E-state index contributed by atoms with van der Waals surface area (Å²) in [6.07, 6.45) is 7.29. The van der Waals surface area contributed by atoms with Crippen molar-refractivity contribution in [3.05, 3.63) is 0 Å². The predicted molar refractivity (Wildman–Crippen MR) is 71.1 cm³/mol. The highest BCUT2D eigenvalue weighted by molar-refractivity contribution is 4.78. The summed E-state index contributed by atoms with van der Waals surface area (Å²) in [4.78, 5) is 2.49. The lowest BCUT2D eigenvalue weighted by molar-refractivity contribution is 0.0820. The fourth-order valence-electron chi connectivity index (χ4n) is 3.14. The van der Waals surface area contributed by atoms with E-state index in [-0.39, 0.29) is 6.10 Å². The van der Waals surface area contributed by atoms with Gasteiger partial charge in [0.15, 0.2) is 0 Å². The first kappa shape index (κ1) is 13.3. The van der Waals surface area contributed by atoms with E-state index in [0.717, 1.165) is 44.4 Å². The molecule has 100 valence electrons. The molecule has 2 aliphatic rings. The van der Waals surface area contributed by atoms with Crippen LogP contribution in [0.25, 0.3) is 0 Å². The number of aliphatic hydroxyl groups excluding tert-OH is 1. The molecule has 2 atom stereocenters. The van der Waals surface area contributed by atoms with Gasteiger partial charge in [-0.1, -0.05) is 6.92 Å². The fourth-order valence-corrected chi connectivity index (χ4v) is 3.14. The average Bonchev–Trinajstić information content (AvgIpc) is 2.73. The molecule has 1 saturated heterocycles. The molecular formula is C14H28N2O. The summed E-state index contributed by atoms with van der Waals surface area (Å²) in [5.41, 5.74) is 0. The van der Waals surface area contributed by atoms with E-state index in [1.807, 2.05) is 0 Å². The Labute approximate surface area is 106 Å². The highest BCUT2D eigenvalue weighted by Crippen LogP contribution is 2.24. The topological polar surface area (TPSA) is 35.5 Å². The van der Waals surface area contributed by atoms with Gasteiger partial charge in [0, 0.05) is 19.1 Å². The van der Waals surface area contributed by atoms with Crippen LogP contribution in [0.3, 0.4) is 0 Å². The van der Waals surface area contributed by atoms with E-state index >= 15 is 0 Å². The normalized spacial score (nSPS) is 32.1. The summed E-state index contributed by atoms with van der Waals surface area (Å²) in [7, 11) is 0. The van der Waals surface area contributed by atoms with Gasteiger partial charge in [0.25, 0.3) is 0 Å². The van der Waals surface area contributed by atoms with Gasteiger partial charge in [-0.25, -0.2) is 0 Å². The number of hydrogen-bond donors (Lipinski definition) is 2. The summed E-state index contributed by atoms with van der Waals surface area (Å²) >= 11 is 0. The Balaban J connectivity index is 1.49. The first-order valence-corrected chi connectivity index (χ1v) is 7.38. The molecule has 2 rings (SSSR count). The molecule has 2 N–H and O–H groups in total. The van der Waals surface area contributed by atoms with Crippen molar-refractivity contribution in [3.63, 3.8) is 0 Å². The maximum Gasteiger partial charge on any atom is 0.0564 e. The third kappa shape index (κ3) is 4.57. The molecule has 1 aliphatic carbocycles. The molecule has 1 heterocycles. The second kappa shape index (κ2) is 6.72. The van der Waals surface area contributed by atoms with Gasteiger partial charge in [-0.15, -0.1) is 0 Å². The Morgan fingerprint density at radius 3 is 2.59 bits per heavy atom. The summed E-state index contributed by atoms with van der Waals surface area (Å²) < 4.78 is 0. The van der Waals surface area contributed by atoms with Crippen LogP contribution in [0.1, 0.15) is 45.4 Å². The molecule has 0 amide bonds. The molecule has 0 spiro atoms. The number of hydrogen-bond acceptors (Lipinski definition) is 3. The minimum Gasteiger partial charge on any atom is -0.393 e. The number of piperidine rings is 1. The van der Waals surface area contributed by atoms with Crippen molar-refractivity contribution in [2.45, 2.75) is 57.6 Å². The maximum atomic E-state index is 9.43. The van der Waals surface area contributed by atoms with Gasteiger partial charge >= 0.3 is 0 Å². The summed E-state index contributed by atoms with van der Waals surface area (Å²) in [6, 6.07) is 0.785. The van der Waals surface area contributed by atoms with E-state index in [4.69, 9.17) is 0 Å². The Hall–Kier alpha value is -0.120. The lowest BCUT2D eigenvalue weighted by atomic mass is 10.1. The molecule has 0 aromatic rings. The molecular weight excluding hydrogens is 212 g/mol. The van der Waals surface area contributed by atoms with Crippen LogP contribution >= 0.6 is 0 Å². The van der Waals surface area contributed by atoms with Gasteiger partial charge in [0.2, 0.25) is 0 Å². The zero-order valence-electron chi connectivity index (χ0n) is 11.2. The maximum absolute atomic E-state index is 9.43. The molecule has 1 saturated carbocycles. The lowest BCUT2D eigenvalue weighted by Gasteiger charge is -2.29. The van der Waals surface area contributed by atoms with Crippen LogP contribution in [0.2, 0.25) is 0 Å². The van der Waals surface area contributed by atoms with E-state index in [9.17, 15) is 5.11 Å². The molecule has 0 aromatic carbocycles. The highest BCUT2D eigenvalue weighted by Gasteiger charge is 2.20. The molecule has 1 aliphatic heterocycles. The van der Waals surface area contributed by atoms with Gasteiger partial charge in [-0.05, 0) is 57.5 Å². The molecule has 3 heteroatoms. The van der Waals surface area contributed by atoms with E-state index < -0.39 is 0 Å². The van der Waals surface area contributed by atoms with Crippen molar-refractivity contribution in [2.75, 3.05) is 26.2 Å². The summed E-state index contributed by atoms with van der Waals surface area (Å²) in [6.45, 7) is 6.89. The van der Waals surface area contributed by atoms with Crippen LogP contribution < -0.4 is 5.32 Å². The first-order valence-electron chi connectivity index (χ1n) is 7.38. The van der Waals surface area contributed by atoms with Crippen molar-refractivity contribution >= 4 is 0 Å². The van der Waals surface area contributed by atoms with E-state index in [1.165, 1.54) is 32.2 Å². The van der Waals surface area contributed by atoms with E-state index in [0.29, 0.717) is 0 Å². The Bertz CT molecular complexity index is 214. The number of rotatable bonds is 5.